The van der Waals surface area contributed by atoms with Crippen molar-refractivity contribution in [3.63, 3.8) is 0 Å². The Morgan fingerprint density at radius 2 is 2.06 bits per heavy atom. The maximum atomic E-state index is 11.4. The number of hydrogen-bond donors (Lipinski definition) is 1. The zero-order chi connectivity index (χ0) is 12.1. The molecule has 1 aromatic rings. The van der Waals surface area contributed by atoms with E-state index in [0.717, 1.165) is 30.7 Å². The van der Waals surface area contributed by atoms with E-state index in [1.165, 1.54) is 5.56 Å². The Bertz CT molecular complexity index is 420. The van der Waals surface area contributed by atoms with Crippen molar-refractivity contribution in [2.24, 2.45) is 0 Å². The number of allylic oxidation sites excluding steroid dienone is 1. The third-order valence-corrected chi connectivity index (χ3v) is 2.95. The second-order valence-corrected chi connectivity index (χ2v) is 4.18. The predicted molar refractivity (Wildman–Crippen MR) is 66.8 cm³/mol. The molecule has 3 heteroatoms. The monoisotopic (exact) mass is 231 g/mol. The number of benzene rings is 1. The third kappa shape index (κ3) is 3.09. The molecule has 2 rings (SSSR count). The predicted octanol–water partition coefficient (Wildman–Crippen LogP) is 2.42. The maximum Gasteiger partial charge on any atom is 0.160 e. The lowest BCUT2D eigenvalue weighted by Gasteiger charge is -2.04. The fourth-order valence-electron chi connectivity index (χ4n) is 1.93. The Morgan fingerprint density at radius 3 is 2.65 bits per heavy atom. The SMILES string of the molecule is COc1ccc(CN/C=C2/CCCC2=O)cc1. The van der Waals surface area contributed by atoms with Crippen molar-refractivity contribution in [2.45, 2.75) is 25.8 Å². The number of carbonyl (C=O) groups excluding carboxylic acids is 1. The molecule has 0 spiro atoms. The highest BCUT2D eigenvalue weighted by Gasteiger charge is 2.15. The number of rotatable bonds is 4. The number of nitrogens with one attached hydrogen (secondary N) is 1. The lowest BCUT2D eigenvalue weighted by Crippen LogP contribution is -2.07. The Balaban J connectivity index is 1.87. The molecule has 17 heavy (non-hydrogen) atoms. The summed E-state index contributed by atoms with van der Waals surface area (Å²) in [6.45, 7) is 0.737. The topological polar surface area (TPSA) is 38.3 Å². The Hall–Kier alpha value is -1.77. The lowest BCUT2D eigenvalue weighted by atomic mass is 10.2. The molecule has 0 aliphatic heterocycles. The molecular weight excluding hydrogens is 214 g/mol. The van der Waals surface area contributed by atoms with Gasteiger partial charge in [-0.1, -0.05) is 12.1 Å². The van der Waals surface area contributed by atoms with Crippen LogP contribution in [0.3, 0.4) is 0 Å². The van der Waals surface area contributed by atoms with Gasteiger partial charge < -0.3 is 10.1 Å². The molecule has 1 aliphatic carbocycles. The highest BCUT2D eigenvalue weighted by molar-refractivity contribution is 5.97. The molecule has 0 unspecified atom stereocenters. The smallest absolute Gasteiger partial charge is 0.160 e. The van der Waals surface area contributed by atoms with E-state index >= 15 is 0 Å². The zero-order valence-corrected chi connectivity index (χ0v) is 10.0. The molecule has 1 aliphatic rings. The minimum atomic E-state index is 0.284. The molecule has 0 heterocycles. The summed E-state index contributed by atoms with van der Waals surface area (Å²) < 4.78 is 5.09. The van der Waals surface area contributed by atoms with Crippen molar-refractivity contribution < 1.29 is 9.53 Å². The van der Waals surface area contributed by atoms with Crippen LogP contribution >= 0.6 is 0 Å². The van der Waals surface area contributed by atoms with E-state index in [0.29, 0.717) is 6.42 Å². The first kappa shape index (κ1) is 11.7. The molecule has 0 aromatic heterocycles. The summed E-state index contributed by atoms with van der Waals surface area (Å²) in [5, 5.41) is 3.19. The van der Waals surface area contributed by atoms with Gasteiger partial charge in [0.25, 0.3) is 0 Å². The number of ketones is 1. The van der Waals surface area contributed by atoms with Crippen LogP contribution in [0, 0.1) is 0 Å². The average molecular weight is 231 g/mol. The summed E-state index contributed by atoms with van der Waals surface area (Å²) in [5.41, 5.74) is 2.10. The van der Waals surface area contributed by atoms with E-state index in [1.807, 2.05) is 30.5 Å². The standard InChI is InChI=1S/C14H17NO2/c1-17-13-7-5-11(6-8-13)9-15-10-12-3-2-4-14(12)16/h5-8,10,15H,2-4,9H2,1H3/b12-10-. The largest absolute Gasteiger partial charge is 0.497 e. The normalized spacial score (nSPS) is 17.5. The Morgan fingerprint density at radius 1 is 1.29 bits per heavy atom. The molecule has 1 fully saturated rings. The van der Waals surface area contributed by atoms with Gasteiger partial charge in [-0.3, -0.25) is 4.79 Å². The molecule has 0 atom stereocenters. The fraction of sp³-hybridized carbons (Fsp3) is 0.357. The van der Waals surface area contributed by atoms with Gasteiger partial charge in [0.15, 0.2) is 5.78 Å². The van der Waals surface area contributed by atoms with E-state index in [-0.39, 0.29) is 5.78 Å². The second kappa shape index (κ2) is 5.53. The van der Waals surface area contributed by atoms with E-state index in [2.05, 4.69) is 5.32 Å². The molecule has 90 valence electrons. The van der Waals surface area contributed by atoms with Crippen LogP contribution in [0.15, 0.2) is 36.0 Å². The molecule has 1 aromatic carbocycles. The fourth-order valence-corrected chi connectivity index (χ4v) is 1.93. The summed E-state index contributed by atoms with van der Waals surface area (Å²) in [6, 6.07) is 7.90. The number of ether oxygens (including phenoxy) is 1. The van der Waals surface area contributed by atoms with Crippen molar-refractivity contribution in [3.05, 3.63) is 41.6 Å². The Kier molecular flexibility index (Phi) is 3.81. The quantitative estimate of drug-likeness (QED) is 0.809. The number of carbonyl (C=O) groups is 1. The van der Waals surface area contributed by atoms with Gasteiger partial charge in [-0.05, 0) is 30.5 Å². The van der Waals surface area contributed by atoms with Crippen molar-refractivity contribution in [1.82, 2.24) is 5.32 Å². The molecule has 0 radical (unpaired) electrons. The molecule has 0 saturated heterocycles. The summed E-state index contributed by atoms with van der Waals surface area (Å²) in [6.07, 6.45) is 4.47. The number of methoxy groups -OCH3 is 1. The van der Waals surface area contributed by atoms with E-state index in [9.17, 15) is 4.79 Å². The van der Waals surface area contributed by atoms with Crippen molar-refractivity contribution in [1.29, 1.82) is 0 Å². The first-order valence-electron chi connectivity index (χ1n) is 5.88. The minimum absolute atomic E-state index is 0.284. The average Bonchev–Trinajstić information content (AvgIpc) is 2.76. The number of Topliss-reactive ketones (excluding diaryl/α,β-unsaturated/α-hetero) is 1. The van der Waals surface area contributed by atoms with Crippen LogP contribution in [0.25, 0.3) is 0 Å². The lowest BCUT2D eigenvalue weighted by molar-refractivity contribution is -0.114. The first-order chi connectivity index (χ1) is 8.29. The van der Waals surface area contributed by atoms with Crippen molar-refractivity contribution in [3.8, 4) is 5.75 Å². The van der Waals surface area contributed by atoms with Crippen LogP contribution in [0.1, 0.15) is 24.8 Å². The highest BCUT2D eigenvalue weighted by Crippen LogP contribution is 2.19. The summed E-state index contributed by atoms with van der Waals surface area (Å²) in [7, 11) is 1.66. The molecular formula is C14H17NO2. The van der Waals surface area contributed by atoms with Gasteiger partial charge in [0.1, 0.15) is 5.75 Å². The maximum absolute atomic E-state index is 11.4. The van der Waals surface area contributed by atoms with Gasteiger partial charge in [-0.25, -0.2) is 0 Å². The van der Waals surface area contributed by atoms with Crippen LogP contribution in [-0.2, 0) is 11.3 Å². The number of hydrogen-bond acceptors (Lipinski definition) is 3. The molecule has 1 N–H and O–H groups in total. The molecule has 3 nitrogen and oxygen atoms in total. The zero-order valence-electron chi connectivity index (χ0n) is 10.0. The van der Waals surface area contributed by atoms with E-state index < -0.39 is 0 Å². The van der Waals surface area contributed by atoms with Crippen LogP contribution in [-0.4, -0.2) is 12.9 Å². The van der Waals surface area contributed by atoms with Gasteiger partial charge in [0.2, 0.25) is 0 Å². The van der Waals surface area contributed by atoms with Crippen LogP contribution in [0.5, 0.6) is 5.75 Å². The highest BCUT2D eigenvalue weighted by atomic mass is 16.5. The second-order valence-electron chi connectivity index (χ2n) is 4.18. The van der Waals surface area contributed by atoms with Gasteiger partial charge >= 0.3 is 0 Å². The molecule has 0 amide bonds. The molecule has 0 bridgehead atoms. The van der Waals surface area contributed by atoms with Crippen LogP contribution in [0.4, 0.5) is 0 Å². The Labute approximate surface area is 101 Å². The summed E-state index contributed by atoms with van der Waals surface area (Å²) in [4.78, 5) is 11.4. The van der Waals surface area contributed by atoms with E-state index in [1.54, 1.807) is 7.11 Å². The van der Waals surface area contributed by atoms with Crippen LogP contribution in [0.2, 0.25) is 0 Å². The van der Waals surface area contributed by atoms with Gasteiger partial charge in [-0.15, -0.1) is 0 Å². The van der Waals surface area contributed by atoms with Gasteiger partial charge in [0.05, 0.1) is 7.11 Å². The van der Waals surface area contributed by atoms with Crippen molar-refractivity contribution in [2.75, 3.05) is 7.11 Å². The minimum Gasteiger partial charge on any atom is -0.497 e. The van der Waals surface area contributed by atoms with Crippen LogP contribution < -0.4 is 10.1 Å². The molecule has 1 saturated carbocycles. The van der Waals surface area contributed by atoms with Gasteiger partial charge in [-0.2, -0.15) is 0 Å². The first-order valence-corrected chi connectivity index (χ1v) is 5.88. The van der Waals surface area contributed by atoms with Crippen molar-refractivity contribution >= 4 is 5.78 Å². The summed E-state index contributed by atoms with van der Waals surface area (Å²) in [5.74, 6) is 1.14. The summed E-state index contributed by atoms with van der Waals surface area (Å²) >= 11 is 0. The third-order valence-electron chi connectivity index (χ3n) is 2.95. The van der Waals surface area contributed by atoms with Gasteiger partial charge in [0, 0.05) is 24.7 Å². The van der Waals surface area contributed by atoms with E-state index in [4.69, 9.17) is 4.74 Å².